The average Bonchev–Trinajstić information content (AvgIpc) is 3.46. The van der Waals surface area contributed by atoms with Gasteiger partial charge < -0.3 is 9.30 Å². The van der Waals surface area contributed by atoms with Crippen LogP contribution in [0.4, 0.5) is 4.39 Å². The van der Waals surface area contributed by atoms with Gasteiger partial charge in [0.2, 0.25) is 0 Å². The van der Waals surface area contributed by atoms with E-state index in [1.165, 1.54) is 23.7 Å². The molecule has 3 heterocycles. The molecular formula is C23H18FN5O2S. The fourth-order valence-electron chi connectivity index (χ4n) is 3.66. The minimum absolute atomic E-state index is 0.255. The fourth-order valence-corrected chi connectivity index (χ4v) is 4.28. The predicted octanol–water partition coefficient (Wildman–Crippen LogP) is 2.29. The van der Waals surface area contributed by atoms with Gasteiger partial charge in [-0.05, 0) is 47.4 Å². The van der Waals surface area contributed by atoms with Gasteiger partial charge in [0.25, 0.3) is 5.56 Å². The summed E-state index contributed by atoms with van der Waals surface area (Å²) in [5, 5.41) is 11.9. The van der Waals surface area contributed by atoms with Crippen molar-refractivity contribution in [1.29, 1.82) is 0 Å². The highest BCUT2D eigenvalue weighted by molar-refractivity contribution is 7.03. The number of aromatic nitrogens is 5. The summed E-state index contributed by atoms with van der Waals surface area (Å²) in [6.45, 7) is 4.17. The molecule has 5 aromatic rings. The second kappa shape index (κ2) is 7.93. The second-order valence-electron chi connectivity index (χ2n) is 7.32. The molecule has 0 atom stereocenters. The third kappa shape index (κ3) is 3.52. The summed E-state index contributed by atoms with van der Waals surface area (Å²) in [6, 6.07) is 12.0. The van der Waals surface area contributed by atoms with Gasteiger partial charge in [0, 0.05) is 24.2 Å². The summed E-state index contributed by atoms with van der Waals surface area (Å²) >= 11 is 1.17. The molecule has 3 aromatic heterocycles. The Hall–Kier alpha value is -3.98. The smallest absolute Gasteiger partial charge is 0.271 e. The van der Waals surface area contributed by atoms with Crippen LogP contribution in [0.25, 0.3) is 23.6 Å². The molecule has 0 saturated heterocycles. The number of hydrogen-bond donors (Lipinski definition) is 2. The van der Waals surface area contributed by atoms with E-state index in [4.69, 9.17) is 4.74 Å². The van der Waals surface area contributed by atoms with Crippen molar-refractivity contribution in [2.24, 2.45) is 7.05 Å². The van der Waals surface area contributed by atoms with Crippen LogP contribution >= 0.6 is 11.5 Å². The van der Waals surface area contributed by atoms with Crippen molar-refractivity contribution in [3.05, 3.63) is 96.4 Å². The van der Waals surface area contributed by atoms with Gasteiger partial charge in [0.15, 0.2) is 0 Å². The number of ether oxygens (including phenoxy) is 1. The molecule has 0 fully saturated rings. The van der Waals surface area contributed by atoms with Crippen LogP contribution in [0.1, 0.15) is 11.1 Å². The van der Waals surface area contributed by atoms with Gasteiger partial charge in [0.1, 0.15) is 28.1 Å². The van der Waals surface area contributed by atoms with Crippen LogP contribution in [-0.2, 0) is 13.7 Å². The average molecular weight is 447 g/mol. The monoisotopic (exact) mass is 447 g/mol. The van der Waals surface area contributed by atoms with E-state index < -0.39 is 0 Å². The van der Waals surface area contributed by atoms with Gasteiger partial charge in [-0.1, -0.05) is 29.3 Å². The number of fused-ring (bicyclic) bond motifs is 1. The predicted molar refractivity (Wildman–Crippen MR) is 121 cm³/mol. The van der Waals surface area contributed by atoms with Crippen molar-refractivity contribution in [3.8, 4) is 5.75 Å². The van der Waals surface area contributed by atoms with Gasteiger partial charge in [-0.15, -0.1) is 5.10 Å². The number of hydrogen-bond acceptors (Lipinski definition) is 5. The second-order valence-corrected chi connectivity index (χ2v) is 8.08. The van der Waals surface area contributed by atoms with Crippen molar-refractivity contribution in [1.82, 2.24) is 24.4 Å². The molecule has 160 valence electrons. The first-order valence-corrected chi connectivity index (χ1v) is 10.5. The lowest BCUT2D eigenvalue weighted by molar-refractivity contribution is 0.310. The molecule has 0 aliphatic heterocycles. The Bertz CT molecular complexity index is 1700. The zero-order chi connectivity index (χ0) is 22.2. The standard InChI is InChI=1S/C23H18FN5O2S/c1-13-22(32-28-25-13)21-17(23(30)27-26-21)10-15-11-29(2)18-4-3-5-19(20(15)18)31-12-14-6-8-16(24)9-7-14/h3-11,26H,1,12H2,2H3,(H,27,30)/b17-10-,22-21-. The number of H-pyrrole nitrogens is 2. The Morgan fingerprint density at radius 1 is 1.22 bits per heavy atom. The zero-order valence-electron chi connectivity index (χ0n) is 17.1. The Morgan fingerprint density at radius 3 is 2.78 bits per heavy atom. The molecule has 0 aliphatic rings. The highest BCUT2D eigenvalue weighted by Crippen LogP contribution is 2.31. The summed E-state index contributed by atoms with van der Waals surface area (Å²) in [6.07, 6.45) is 3.76. The highest BCUT2D eigenvalue weighted by Gasteiger charge is 2.12. The van der Waals surface area contributed by atoms with Gasteiger partial charge in [-0.3, -0.25) is 15.0 Å². The lowest BCUT2D eigenvalue weighted by atomic mass is 10.1. The molecule has 2 N–H and O–H groups in total. The molecule has 0 aliphatic carbocycles. The van der Waals surface area contributed by atoms with Crippen LogP contribution in [0.3, 0.4) is 0 Å². The minimum Gasteiger partial charge on any atom is -0.488 e. The maximum absolute atomic E-state index is 13.2. The number of aryl methyl sites for hydroxylation is 1. The van der Waals surface area contributed by atoms with Crippen molar-refractivity contribution >= 4 is 35.1 Å². The van der Waals surface area contributed by atoms with E-state index in [9.17, 15) is 9.18 Å². The first kappa shape index (κ1) is 20.0. The molecule has 0 bridgehead atoms. The summed E-state index contributed by atoms with van der Waals surface area (Å²) in [5.41, 5.74) is 2.38. The lowest BCUT2D eigenvalue weighted by Crippen LogP contribution is -2.22. The SMILES string of the molecule is C=c1nns/c1=c1\[nH][nH]c(=O)\c1=C/c1cn(C)c2cccc(OCc3ccc(F)cc3)c12. The normalized spacial score (nSPS) is 13.1. The van der Waals surface area contributed by atoms with Gasteiger partial charge in [0.05, 0.1) is 16.1 Å². The van der Waals surface area contributed by atoms with Gasteiger partial charge in [-0.25, -0.2) is 4.39 Å². The van der Waals surface area contributed by atoms with Crippen molar-refractivity contribution in [2.45, 2.75) is 6.61 Å². The molecule has 0 amide bonds. The van der Waals surface area contributed by atoms with Crippen LogP contribution in [0, 0.1) is 15.7 Å². The van der Waals surface area contributed by atoms with Crippen LogP contribution < -0.4 is 20.9 Å². The van der Waals surface area contributed by atoms with Crippen molar-refractivity contribution in [2.75, 3.05) is 0 Å². The van der Waals surface area contributed by atoms with Crippen LogP contribution in [0.15, 0.2) is 53.5 Å². The summed E-state index contributed by atoms with van der Waals surface area (Å²) in [4.78, 5) is 12.6. The largest absolute Gasteiger partial charge is 0.488 e. The van der Waals surface area contributed by atoms with E-state index in [0.717, 1.165) is 22.0 Å². The molecule has 5 rings (SSSR count). The van der Waals surface area contributed by atoms with Gasteiger partial charge >= 0.3 is 0 Å². The fraction of sp³-hybridized carbons (Fsp3) is 0.0870. The van der Waals surface area contributed by atoms with E-state index in [1.54, 1.807) is 12.1 Å². The molecule has 0 unspecified atom stereocenters. The van der Waals surface area contributed by atoms with E-state index in [2.05, 4.69) is 26.4 Å². The Balaban J connectivity index is 1.68. The third-order valence-electron chi connectivity index (χ3n) is 5.21. The number of nitrogens with one attached hydrogen (secondary N) is 2. The maximum atomic E-state index is 13.2. The molecule has 2 aromatic carbocycles. The first-order chi connectivity index (χ1) is 15.5. The maximum Gasteiger partial charge on any atom is 0.271 e. The molecule has 0 radical (unpaired) electrons. The van der Waals surface area contributed by atoms with Crippen molar-refractivity contribution in [3.63, 3.8) is 0 Å². The highest BCUT2D eigenvalue weighted by atomic mass is 32.1. The van der Waals surface area contributed by atoms with E-state index in [1.807, 2.05) is 42.1 Å². The Kier molecular flexibility index (Phi) is 4.95. The quantitative estimate of drug-likeness (QED) is 0.443. The summed E-state index contributed by atoms with van der Waals surface area (Å²) in [7, 11) is 1.94. The van der Waals surface area contributed by atoms with Crippen LogP contribution in [0.5, 0.6) is 5.75 Å². The van der Waals surface area contributed by atoms with Gasteiger partial charge in [-0.2, -0.15) is 0 Å². The molecule has 9 heteroatoms. The number of halogens is 1. The topological polar surface area (TPSA) is 88.6 Å². The Labute approximate surface area is 184 Å². The minimum atomic E-state index is -0.287. The van der Waals surface area contributed by atoms with Crippen molar-refractivity contribution < 1.29 is 9.13 Å². The zero-order valence-corrected chi connectivity index (χ0v) is 17.9. The van der Waals surface area contributed by atoms with Crippen LogP contribution in [0.2, 0.25) is 0 Å². The number of aromatic amines is 2. The van der Waals surface area contributed by atoms with E-state index >= 15 is 0 Å². The van der Waals surface area contributed by atoms with E-state index in [-0.39, 0.29) is 11.4 Å². The Morgan fingerprint density at radius 2 is 2.03 bits per heavy atom. The molecular weight excluding hydrogens is 429 g/mol. The molecule has 0 spiro atoms. The van der Waals surface area contributed by atoms with E-state index in [0.29, 0.717) is 32.8 Å². The molecule has 32 heavy (non-hydrogen) atoms. The third-order valence-corrected chi connectivity index (χ3v) is 6.00. The summed E-state index contributed by atoms with van der Waals surface area (Å²) in [5.74, 6) is 0.384. The van der Waals surface area contributed by atoms with Crippen LogP contribution in [-0.4, -0.2) is 24.4 Å². The number of benzene rings is 2. The number of nitrogens with zero attached hydrogens (tertiary/aromatic N) is 3. The lowest BCUT2D eigenvalue weighted by Gasteiger charge is -2.09. The summed E-state index contributed by atoms with van der Waals surface area (Å²) < 4.78 is 25.9. The molecule has 7 nitrogen and oxygen atoms in total. The first-order valence-electron chi connectivity index (χ1n) is 9.76. The molecule has 0 saturated carbocycles. The number of rotatable bonds is 4.